The highest BCUT2D eigenvalue weighted by Gasteiger charge is 2.16. The fraction of sp³-hybridized carbons (Fsp3) is 0.278. The first-order chi connectivity index (χ1) is 11.0. The summed E-state index contributed by atoms with van der Waals surface area (Å²) >= 11 is 0. The third-order valence-electron chi connectivity index (χ3n) is 3.66. The Hall–Kier alpha value is -2.53. The Morgan fingerprint density at radius 2 is 1.83 bits per heavy atom. The molecule has 5 heteroatoms. The Balaban J connectivity index is 2.05. The molecule has 122 valence electrons. The molecule has 0 saturated heterocycles. The highest BCUT2D eigenvalue weighted by molar-refractivity contribution is 5.83. The number of hydrogen-bond acceptors (Lipinski definition) is 4. The number of amides is 1. The summed E-state index contributed by atoms with van der Waals surface area (Å²) in [4.78, 5) is 12.2. The van der Waals surface area contributed by atoms with Crippen LogP contribution in [0.15, 0.2) is 42.5 Å². The summed E-state index contributed by atoms with van der Waals surface area (Å²) < 4.78 is 10.5. The van der Waals surface area contributed by atoms with Crippen molar-refractivity contribution in [3.63, 3.8) is 0 Å². The molecule has 0 aliphatic carbocycles. The molecule has 2 rings (SSSR count). The zero-order valence-corrected chi connectivity index (χ0v) is 13.6. The van der Waals surface area contributed by atoms with Crippen LogP contribution in [0.2, 0.25) is 0 Å². The number of nitrogens with one attached hydrogen (secondary N) is 1. The third-order valence-corrected chi connectivity index (χ3v) is 3.66. The first kappa shape index (κ1) is 16.8. The maximum absolute atomic E-state index is 12.2. The SMILES string of the molecule is COc1ccc(OC)c(CNC(=O)C(N)c2ccc(C)cc2)c1. The first-order valence-electron chi connectivity index (χ1n) is 7.36. The van der Waals surface area contributed by atoms with Gasteiger partial charge in [0, 0.05) is 12.1 Å². The molecular weight excluding hydrogens is 292 g/mol. The van der Waals surface area contributed by atoms with Gasteiger partial charge in [0.15, 0.2) is 0 Å². The minimum absolute atomic E-state index is 0.237. The van der Waals surface area contributed by atoms with Crippen LogP contribution in [0, 0.1) is 6.92 Å². The van der Waals surface area contributed by atoms with Gasteiger partial charge in [0.1, 0.15) is 17.5 Å². The van der Waals surface area contributed by atoms with Crippen LogP contribution in [0.25, 0.3) is 0 Å². The van der Waals surface area contributed by atoms with E-state index in [-0.39, 0.29) is 5.91 Å². The number of carbonyl (C=O) groups excluding carboxylic acids is 1. The number of nitrogens with two attached hydrogens (primary N) is 1. The molecule has 0 aliphatic heterocycles. The van der Waals surface area contributed by atoms with E-state index in [1.165, 1.54) is 0 Å². The number of ether oxygens (including phenoxy) is 2. The topological polar surface area (TPSA) is 73.6 Å². The van der Waals surface area contributed by atoms with E-state index in [1.54, 1.807) is 20.3 Å². The fourth-order valence-corrected chi connectivity index (χ4v) is 2.24. The minimum Gasteiger partial charge on any atom is -0.497 e. The average molecular weight is 314 g/mol. The number of rotatable bonds is 6. The molecule has 0 fully saturated rings. The highest BCUT2D eigenvalue weighted by atomic mass is 16.5. The second-order valence-electron chi connectivity index (χ2n) is 5.28. The lowest BCUT2D eigenvalue weighted by Gasteiger charge is -2.15. The van der Waals surface area contributed by atoms with Crippen molar-refractivity contribution in [1.82, 2.24) is 5.32 Å². The van der Waals surface area contributed by atoms with Crippen LogP contribution in [0.5, 0.6) is 11.5 Å². The maximum Gasteiger partial charge on any atom is 0.241 e. The number of hydrogen-bond donors (Lipinski definition) is 2. The lowest BCUT2D eigenvalue weighted by molar-refractivity contribution is -0.122. The van der Waals surface area contributed by atoms with E-state index in [0.29, 0.717) is 18.0 Å². The van der Waals surface area contributed by atoms with Crippen molar-refractivity contribution in [2.24, 2.45) is 5.73 Å². The summed E-state index contributed by atoms with van der Waals surface area (Å²) in [5, 5.41) is 2.84. The Labute approximate surface area is 136 Å². The molecule has 0 heterocycles. The van der Waals surface area contributed by atoms with Crippen LogP contribution < -0.4 is 20.5 Å². The van der Waals surface area contributed by atoms with E-state index in [0.717, 1.165) is 16.7 Å². The quantitative estimate of drug-likeness (QED) is 0.858. The monoisotopic (exact) mass is 314 g/mol. The van der Waals surface area contributed by atoms with E-state index in [4.69, 9.17) is 15.2 Å². The third kappa shape index (κ3) is 4.23. The number of methoxy groups -OCH3 is 2. The summed E-state index contributed by atoms with van der Waals surface area (Å²) in [6, 6.07) is 12.4. The van der Waals surface area contributed by atoms with Gasteiger partial charge in [0.25, 0.3) is 0 Å². The standard InChI is InChI=1S/C18H22N2O3/c1-12-4-6-13(7-5-12)17(19)18(21)20-11-14-10-15(22-2)8-9-16(14)23-3/h4-10,17H,11,19H2,1-3H3,(H,20,21). The lowest BCUT2D eigenvalue weighted by atomic mass is 10.1. The second kappa shape index (κ2) is 7.65. The molecule has 5 nitrogen and oxygen atoms in total. The van der Waals surface area contributed by atoms with Gasteiger partial charge in [-0.15, -0.1) is 0 Å². The van der Waals surface area contributed by atoms with Gasteiger partial charge < -0.3 is 20.5 Å². The van der Waals surface area contributed by atoms with Crippen molar-refractivity contribution in [1.29, 1.82) is 0 Å². The normalized spacial score (nSPS) is 11.7. The molecule has 1 unspecified atom stereocenters. The summed E-state index contributed by atoms with van der Waals surface area (Å²) in [6.07, 6.45) is 0. The Bertz CT molecular complexity index is 668. The van der Waals surface area contributed by atoms with Crippen molar-refractivity contribution in [2.45, 2.75) is 19.5 Å². The molecule has 2 aromatic rings. The lowest BCUT2D eigenvalue weighted by Crippen LogP contribution is -2.33. The Morgan fingerprint density at radius 1 is 1.13 bits per heavy atom. The average Bonchev–Trinajstić information content (AvgIpc) is 2.59. The maximum atomic E-state index is 12.2. The zero-order chi connectivity index (χ0) is 16.8. The van der Waals surface area contributed by atoms with E-state index in [9.17, 15) is 4.79 Å². The number of carbonyl (C=O) groups is 1. The van der Waals surface area contributed by atoms with Gasteiger partial charge in [-0.2, -0.15) is 0 Å². The molecule has 0 aromatic heterocycles. The highest BCUT2D eigenvalue weighted by Crippen LogP contribution is 2.24. The molecule has 3 N–H and O–H groups in total. The van der Waals surface area contributed by atoms with E-state index >= 15 is 0 Å². The predicted molar refractivity (Wildman–Crippen MR) is 89.5 cm³/mol. The zero-order valence-electron chi connectivity index (χ0n) is 13.6. The summed E-state index contributed by atoms with van der Waals surface area (Å²) in [7, 11) is 3.18. The molecule has 0 saturated carbocycles. The van der Waals surface area contributed by atoms with E-state index < -0.39 is 6.04 Å². The summed E-state index contributed by atoms with van der Waals surface area (Å²) in [5.74, 6) is 1.16. The van der Waals surface area contributed by atoms with Crippen LogP contribution in [-0.4, -0.2) is 20.1 Å². The van der Waals surface area contributed by atoms with Crippen LogP contribution in [0.4, 0.5) is 0 Å². The van der Waals surface area contributed by atoms with Crippen molar-refractivity contribution in [3.05, 3.63) is 59.2 Å². The molecule has 0 spiro atoms. The van der Waals surface area contributed by atoms with Crippen LogP contribution in [0.3, 0.4) is 0 Å². The molecule has 0 bridgehead atoms. The largest absolute Gasteiger partial charge is 0.497 e. The van der Waals surface area contributed by atoms with Gasteiger partial charge >= 0.3 is 0 Å². The van der Waals surface area contributed by atoms with Crippen molar-refractivity contribution < 1.29 is 14.3 Å². The predicted octanol–water partition coefficient (Wildman–Crippen LogP) is 2.33. The Kier molecular flexibility index (Phi) is 5.60. The summed E-state index contributed by atoms with van der Waals surface area (Å²) in [6.45, 7) is 2.31. The minimum atomic E-state index is -0.702. The molecule has 1 amide bonds. The second-order valence-corrected chi connectivity index (χ2v) is 5.28. The molecular formula is C18H22N2O3. The van der Waals surface area contributed by atoms with E-state index in [1.807, 2.05) is 43.3 Å². The van der Waals surface area contributed by atoms with Crippen molar-refractivity contribution in [2.75, 3.05) is 14.2 Å². The van der Waals surface area contributed by atoms with Crippen LogP contribution >= 0.6 is 0 Å². The van der Waals surface area contributed by atoms with Gasteiger partial charge in [-0.1, -0.05) is 29.8 Å². The van der Waals surface area contributed by atoms with Crippen LogP contribution in [0.1, 0.15) is 22.7 Å². The molecule has 23 heavy (non-hydrogen) atoms. The van der Waals surface area contributed by atoms with Gasteiger partial charge in [-0.05, 0) is 30.7 Å². The molecule has 1 atom stereocenters. The summed E-state index contributed by atoms with van der Waals surface area (Å²) in [5.41, 5.74) is 8.75. The number of aryl methyl sites for hydroxylation is 1. The smallest absolute Gasteiger partial charge is 0.241 e. The van der Waals surface area contributed by atoms with Gasteiger partial charge in [0.05, 0.1) is 14.2 Å². The van der Waals surface area contributed by atoms with Gasteiger partial charge in [0.2, 0.25) is 5.91 Å². The van der Waals surface area contributed by atoms with Crippen molar-refractivity contribution in [3.8, 4) is 11.5 Å². The van der Waals surface area contributed by atoms with E-state index in [2.05, 4.69) is 5.32 Å². The molecule has 0 aliphatic rings. The van der Waals surface area contributed by atoms with Crippen molar-refractivity contribution >= 4 is 5.91 Å². The molecule has 2 aromatic carbocycles. The fourth-order valence-electron chi connectivity index (χ4n) is 2.24. The molecule has 0 radical (unpaired) electrons. The van der Waals surface area contributed by atoms with Gasteiger partial charge in [-0.25, -0.2) is 0 Å². The van der Waals surface area contributed by atoms with Crippen LogP contribution in [-0.2, 0) is 11.3 Å². The Morgan fingerprint density at radius 3 is 2.43 bits per heavy atom. The number of benzene rings is 2. The first-order valence-corrected chi connectivity index (χ1v) is 7.36. The van der Waals surface area contributed by atoms with Gasteiger partial charge in [-0.3, -0.25) is 4.79 Å².